The zero-order valence-corrected chi connectivity index (χ0v) is 15.6. The molecule has 0 spiro atoms. The van der Waals surface area contributed by atoms with E-state index in [1.807, 2.05) is 31.3 Å². The van der Waals surface area contributed by atoms with Crippen molar-refractivity contribution in [1.29, 1.82) is 0 Å². The Morgan fingerprint density at radius 3 is 2.96 bits per heavy atom. The lowest BCUT2D eigenvalue weighted by molar-refractivity contribution is 0.227. The Bertz CT molecular complexity index is 1050. The van der Waals surface area contributed by atoms with Gasteiger partial charge >= 0.3 is 0 Å². The fourth-order valence-corrected chi connectivity index (χ4v) is 4.61. The summed E-state index contributed by atoms with van der Waals surface area (Å²) in [5.41, 5.74) is 3.19. The van der Waals surface area contributed by atoms with Gasteiger partial charge in [0.05, 0.1) is 16.9 Å². The van der Waals surface area contributed by atoms with Gasteiger partial charge in [0.2, 0.25) is 0 Å². The average Bonchev–Trinajstić information content (AvgIpc) is 3.32. The molecule has 1 aromatic carbocycles. The fraction of sp³-hybridized carbons (Fsp3) is 0.476. The topological polar surface area (TPSA) is 64.2 Å². The van der Waals surface area contributed by atoms with E-state index in [1.165, 1.54) is 18.4 Å². The van der Waals surface area contributed by atoms with E-state index >= 15 is 0 Å². The molecule has 1 aliphatic heterocycles. The van der Waals surface area contributed by atoms with Crippen molar-refractivity contribution in [3.05, 3.63) is 57.5 Å². The van der Waals surface area contributed by atoms with Crippen molar-refractivity contribution in [2.75, 3.05) is 6.54 Å². The van der Waals surface area contributed by atoms with Crippen LogP contribution < -0.4 is 5.56 Å². The maximum atomic E-state index is 12.8. The molecule has 6 nitrogen and oxygen atoms in total. The molecule has 1 aliphatic carbocycles. The van der Waals surface area contributed by atoms with E-state index in [0.29, 0.717) is 5.39 Å². The Labute approximate surface area is 157 Å². The molecule has 2 aliphatic rings. The molecular formula is C21H24N4O2. The number of aromatic nitrogens is 3. The second-order valence-corrected chi connectivity index (χ2v) is 7.72. The molecular weight excluding hydrogens is 340 g/mol. The zero-order valence-electron chi connectivity index (χ0n) is 15.6. The molecule has 1 unspecified atom stereocenters. The summed E-state index contributed by atoms with van der Waals surface area (Å²) in [5, 5.41) is 5.05. The summed E-state index contributed by atoms with van der Waals surface area (Å²) in [7, 11) is 1.84. The van der Waals surface area contributed by atoms with Gasteiger partial charge in [0.1, 0.15) is 17.3 Å². The molecule has 2 aromatic heterocycles. The molecule has 0 amide bonds. The largest absolute Gasteiger partial charge is 0.361 e. The van der Waals surface area contributed by atoms with Crippen LogP contribution in [-0.2, 0) is 26.4 Å². The Balaban J connectivity index is 1.50. The maximum Gasteiger partial charge on any atom is 0.261 e. The van der Waals surface area contributed by atoms with Crippen LogP contribution in [0.2, 0.25) is 0 Å². The molecule has 1 saturated heterocycles. The SMILES string of the molecule is Cn1c(C2CCCN2Cc2noc3c2CCCC3)nc2ccccc2c1=O. The lowest BCUT2D eigenvalue weighted by atomic mass is 9.96. The third kappa shape index (κ3) is 2.79. The Morgan fingerprint density at radius 1 is 1.19 bits per heavy atom. The van der Waals surface area contributed by atoms with Crippen LogP contribution in [0, 0.1) is 0 Å². The molecule has 3 heterocycles. The number of aryl methyl sites for hydroxylation is 1. The van der Waals surface area contributed by atoms with E-state index in [2.05, 4.69) is 10.1 Å². The van der Waals surface area contributed by atoms with Crippen molar-refractivity contribution in [1.82, 2.24) is 19.6 Å². The summed E-state index contributed by atoms with van der Waals surface area (Å²) >= 11 is 0. The second-order valence-electron chi connectivity index (χ2n) is 7.72. The Hall–Kier alpha value is -2.47. The highest BCUT2D eigenvalue weighted by atomic mass is 16.5. The summed E-state index contributed by atoms with van der Waals surface area (Å²) in [4.78, 5) is 20.1. The van der Waals surface area contributed by atoms with Gasteiger partial charge in [-0.15, -0.1) is 0 Å². The first kappa shape index (κ1) is 16.7. The molecule has 27 heavy (non-hydrogen) atoms. The van der Waals surface area contributed by atoms with Gasteiger partial charge in [0.25, 0.3) is 5.56 Å². The highest BCUT2D eigenvalue weighted by Crippen LogP contribution is 2.34. The molecule has 1 atom stereocenters. The van der Waals surface area contributed by atoms with Crippen LogP contribution in [0.1, 0.15) is 54.6 Å². The third-order valence-corrected chi connectivity index (χ3v) is 6.06. The van der Waals surface area contributed by atoms with E-state index in [9.17, 15) is 4.79 Å². The molecule has 6 heteroatoms. The fourth-order valence-electron chi connectivity index (χ4n) is 4.61. The maximum absolute atomic E-state index is 12.8. The first-order valence-electron chi connectivity index (χ1n) is 9.88. The summed E-state index contributed by atoms with van der Waals surface area (Å²) in [5.74, 6) is 1.93. The van der Waals surface area contributed by atoms with Gasteiger partial charge in [0.15, 0.2) is 0 Å². The number of fused-ring (bicyclic) bond motifs is 2. The Morgan fingerprint density at radius 2 is 2.04 bits per heavy atom. The number of rotatable bonds is 3. The lowest BCUT2D eigenvalue weighted by Gasteiger charge is -2.25. The normalized spacial score (nSPS) is 20.3. The van der Waals surface area contributed by atoms with Crippen molar-refractivity contribution >= 4 is 10.9 Å². The molecule has 0 radical (unpaired) electrons. The van der Waals surface area contributed by atoms with E-state index in [0.717, 1.165) is 61.6 Å². The minimum absolute atomic E-state index is 0.0289. The summed E-state index contributed by atoms with van der Waals surface area (Å²) in [6.45, 7) is 1.77. The van der Waals surface area contributed by atoms with Crippen LogP contribution in [0.15, 0.2) is 33.6 Å². The van der Waals surface area contributed by atoms with Gasteiger partial charge in [-0.3, -0.25) is 14.3 Å². The quantitative estimate of drug-likeness (QED) is 0.714. The van der Waals surface area contributed by atoms with E-state index in [4.69, 9.17) is 9.51 Å². The number of likely N-dealkylation sites (tertiary alicyclic amines) is 1. The number of hydrogen-bond donors (Lipinski definition) is 0. The second kappa shape index (κ2) is 6.60. The molecule has 140 valence electrons. The molecule has 3 aromatic rings. The highest BCUT2D eigenvalue weighted by Gasteiger charge is 2.31. The molecule has 0 bridgehead atoms. The van der Waals surface area contributed by atoms with E-state index in [-0.39, 0.29) is 11.6 Å². The summed E-state index contributed by atoms with van der Waals surface area (Å²) < 4.78 is 7.32. The molecule has 1 fully saturated rings. The predicted octanol–water partition coefficient (Wildman–Crippen LogP) is 3.14. The van der Waals surface area contributed by atoms with Crippen LogP contribution in [0.4, 0.5) is 0 Å². The first-order chi connectivity index (χ1) is 13.2. The van der Waals surface area contributed by atoms with Crippen LogP contribution >= 0.6 is 0 Å². The first-order valence-corrected chi connectivity index (χ1v) is 9.88. The summed E-state index contributed by atoms with van der Waals surface area (Å²) in [6, 6.07) is 7.74. The average molecular weight is 364 g/mol. The number of para-hydroxylation sites is 1. The zero-order chi connectivity index (χ0) is 18.4. The van der Waals surface area contributed by atoms with Crippen molar-refractivity contribution in [2.24, 2.45) is 7.05 Å². The van der Waals surface area contributed by atoms with Gasteiger partial charge in [-0.25, -0.2) is 4.98 Å². The van der Waals surface area contributed by atoms with Crippen molar-refractivity contribution < 1.29 is 4.52 Å². The van der Waals surface area contributed by atoms with Gasteiger partial charge in [-0.05, 0) is 50.8 Å². The monoisotopic (exact) mass is 364 g/mol. The van der Waals surface area contributed by atoms with Crippen LogP contribution in [0.25, 0.3) is 10.9 Å². The van der Waals surface area contributed by atoms with E-state index < -0.39 is 0 Å². The Kier molecular flexibility index (Phi) is 4.08. The van der Waals surface area contributed by atoms with Crippen LogP contribution in [0.5, 0.6) is 0 Å². The van der Waals surface area contributed by atoms with Crippen LogP contribution in [0.3, 0.4) is 0 Å². The highest BCUT2D eigenvalue weighted by molar-refractivity contribution is 5.77. The standard InChI is InChI=1S/C21H24N4O2/c1-24-20(22-16-9-4-2-8-15(16)21(24)26)18-10-6-12-25(18)13-17-14-7-3-5-11-19(14)27-23-17/h2,4,8-9,18H,3,5-7,10-13H2,1H3. The van der Waals surface area contributed by atoms with Gasteiger partial charge in [-0.1, -0.05) is 17.3 Å². The number of nitrogens with zero attached hydrogens (tertiary/aromatic N) is 4. The van der Waals surface area contributed by atoms with Crippen molar-refractivity contribution in [3.63, 3.8) is 0 Å². The lowest BCUT2D eigenvalue weighted by Crippen LogP contribution is -2.31. The molecule has 0 saturated carbocycles. The number of benzene rings is 1. The van der Waals surface area contributed by atoms with Crippen LogP contribution in [-0.4, -0.2) is 26.2 Å². The minimum Gasteiger partial charge on any atom is -0.361 e. The van der Waals surface area contributed by atoms with Gasteiger partial charge < -0.3 is 4.52 Å². The smallest absolute Gasteiger partial charge is 0.261 e. The minimum atomic E-state index is 0.0289. The van der Waals surface area contributed by atoms with Gasteiger partial charge in [0, 0.05) is 25.6 Å². The molecule has 5 rings (SSSR count). The van der Waals surface area contributed by atoms with Gasteiger partial charge in [-0.2, -0.15) is 0 Å². The third-order valence-electron chi connectivity index (χ3n) is 6.06. The van der Waals surface area contributed by atoms with Crippen molar-refractivity contribution in [3.8, 4) is 0 Å². The van der Waals surface area contributed by atoms with E-state index in [1.54, 1.807) is 4.57 Å². The predicted molar refractivity (Wildman–Crippen MR) is 103 cm³/mol. The summed E-state index contributed by atoms with van der Waals surface area (Å²) in [6.07, 6.45) is 6.60. The number of hydrogen-bond acceptors (Lipinski definition) is 5. The van der Waals surface area contributed by atoms with Crippen molar-refractivity contribution in [2.45, 2.75) is 51.1 Å². The molecule has 0 N–H and O–H groups in total.